The fourth-order valence-corrected chi connectivity index (χ4v) is 2.99. The number of esters is 1. The van der Waals surface area contributed by atoms with Gasteiger partial charge in [0.25, 0.3) is 0 Å². The summed E-state index contributed by atoms with van der Waals surface area (Å²) >= 11 is 0. The van der Waals surface area contributed by atoms with Crippen LogP contribution in [0.5, 0.6) is 0 Å². The number of carbonyl (C=O) groups excluding carboxylic acids is 1. The molecule has 126 valence electrons. The second-order valence-corrected chi connectivity index (χ2v) is 7.60. The lowest BCUT2D eigenvalue weighted by atomic mass is 9.98. The minimum absolute atomic E-state index is 0.245. The van der Waals surface area contributed by atoms with Gasteiger partial charge in [-0.2, -0.15) is 0 Å². The summed E-state index contributed by atoms with van der Waals surface area (Å²) in [5, 5.41) is 0. The smallest absolute Gasteiger partial charge is 0.306 e. The van der Waals surface area contributed by atoms with Crippen molar-refractivity contribution in [3.05, 3.63) is 24.3 Å². The lowest BCUT2D eigenvalue weighted by molar-refractivity contribution is -0.147. The zero-order chi connectivity index (χ0) is 16.6. The average molecular weight is 329 g/mol. The molecule has 0 amide bonds. The van der Waals surface area contributed by atoms with Crippen LogP contribution in [0.1, 0.15) is 58.8 Å². The fraction of sp³-hybridized carbons (Fsp3) is 0.688. The maximum atomic E-state index is 11.8. The minimum Gasteiger partial charge on any atom is -0.747 e. The maximum absolute atomic E-state index is 11.8. The van der Waals surface area contributed by atoms with Gasteiger partial charge < -0.3 is 9.29 Å². The Morgan fingerprint density at radius 2 is 1.82 bits per heavy atom. The quantitative estimate of drug-likeness (QED) is 0.369. The van der Waals surface area contributed by atoms with Crippen molar-refractivity contribution in [3.63, 3.8) is 0 Å². The Hall–Kier alpha value is -1.14. The van der Waals surface area contributed by atoms with Crippen molar-refractivity contribution in [1.82, 2.24) is 0 Å². The number of carbonyl (C=O) groups is 1. The molecule has 0 fully saturated rings. The Morgan fingerprint density at radius 1 is 1.18 bits per heavy atom. The number of ether oxygens (including phenoxy) is 1. The summed E-state index contributed by atoms with van der Waals surface area (Å²) in [5.74, 6) is -0.463. The average Bonchev–Trinajstić information content (AvgIpc) is 2.44. The van der Waals surface area contributed by atoms with Crippen molar-refractivity contribution in [2.45, 2.75) is 69.6 Å². The fourth-order valence-electron chi connectivity index (χ4n) is 2.33. The number of unbranched alkanes of at least 4 members (excludes halogenated alkanes) is 5. The predicted molar refractivity (Wildman–Crippen MR) is 84.3 cm³/mol. The molecule has 2 unspecified atom stereocenters. The highest BCUT2D eigenvalue weighted by Crippen LogP contribution is 2.29. The molecule has 0 saturated heterocycles. The van der Waals surface area contributed by atoms with Crippen LogP contribution in [0, 0.1) is 0 Å². The van der Waals surface area contributed by atoms with E-state index in [1.54, 1.807) is 6.08 Å². The Kier molecular flexibility index (Phi) is 7.29. The van der Waals surface area contributed by atoms with E-state index in [-0.39, 0.29) is 6.42 Å². The molecular weight excluding hydrogens is 304 g/mol. The molecule has 0 N–H and O–H groups in total. The first-order valence-corrected chi connectivity index (χ1v) is 9.23. The highest BCUT2D eigenvalue weighted by molar-refractivity contribution is 7.87. The van der Waals surface area contributed by atoms with E-state index in [1.807, 2.05) is 0 Å². The normalized spacial score (nSPS) is 24.4. The zero-order valence-electron chi connectivity index (χ0n) is 13.3. The van der Waals surface area contributed by atoms with Crippen LogP contribution >= 0.6 is 0 Å². The van der Waals surface area contributed by atoms with Crippen LogP contribution in [0.25, 0.3) is 0 Å². The van der Waals surface area contributed by atoms with Crippen LogP contribution in [0.15, 0.2) is 24.3 Å². The van der Waals surface area contributed by atoms with Crippen LogP contribution in [-0.4, -0.2) is 29.8 Å². The molecule has 1 aliphatic rings. The number of hydrogen-bond acceptors (Lipinski definition) is 5. The largest absolute Gasteiger partial charge is 0.747 e. The summed E-state index contributed by atoms with van der Waals surface area (Å²) in [7, 11) is -4.62. The predicted octanol–water partition coefficient (Wildman–Crippen LogP) is 3.08. The van der Waals surface area contributed by atoms with Gasteiger partial charge in [0.2, 0.25) is 0 Å². The van der Waals surface area contributed by atoms with Crippen LogP contribution in [0.3, 0.4) is 0 Å². The second-order valence-electron chi connectivity index (χ2n) is 5.81. The highest BCUT2D eigenvalue weighted by atomic mass is 32.2. The molecular formula is C16H25O5S-. The molecule has 0 aromatic rings. The Labute approximate surface area is 133 Å². The molecule has 5 nitrogen and oxygen atoms in total. The molecule has 6 heteroatoms. The highest BCUT2D eigenvalue weighted by Gasteiger charge is 2.40. The second kappa shape index (κ2) is 8.48. The standard InChI is InChI=1S/C16H26O5S/c1-3-4-5-6-7-8-12-15(17)21-14-11-9-10-13-16(14,2)22(18,19)20/h9-11,13-14H,3-8,12H2,1-2H3,(H,18,19,20)/p-1. The van der Waals surface area contributed by atoms with Crippen molar-refractivity contribution in [2.24, 2.45) is 0 Å². The van der Waals surface area contributed by atoms with E-state index in [0.717, 1.165) is 25.7 Å². The van der Waals surface area contributed by atoms with Gasteiger partial charge in [-0.1, -0.05) is 57.3 Å². The van der Waals surface area contributed by atoms with E-state index in [0.29, 0.717) is 0 Å². The van der Waals surface area contributed by atoms with Gasteiger partial charge in [0, 0.05) is 6.42 Å². The third-order valence-electron chi connectivity index (χ3n) is 3.92. The van der Waals surface area contributed by atoms with Crippen LogP contribution in [-0.2, 0) is 19.6 Å². The topological polar surface area (TPSA) is 83.5 Å². The summed E-state index contributed by atoms with van der Waals surface area (Å²) < 4.78 is 37.8. The molecule has 2 atom stereocenters. The number of rotatable bonds is 9. The van der Waals surface area contributed by atoms with E-state index in [1.165, 1.54) is 38.0 Å². The van der Waals surface area contributed by atoms with Crippen molar-refractivity contribution >= 4 is 16.1 Å². The monoisotopic (exact) mass is 329 g/mol. The molecule has 0 spiro atoms. The van der Waals surface area contributed by atoms with Gasteiger partial charge in [0.05, 0.1) is 0 Å². The molecule has 22 heavy (non-hydrogen) atoms. The number of hydrogen-bond donors (Lipinski definition) is 0. The molecule has 0 aromatic heterocycles. The van der Waals surface area contributed by atoms with Crippen molar-refractivity contribution in [1.29, 1.82) is 0 Å². The van der Waals surface area contributed by atoms with E-state index in [2.05, 4.69) is 6.92 Å². The molecule has 0 bridgehead atoms. The van der Waals surface area contributed by atoms with Gasteiger partial charge in [-0.05, 0) is 19.4 Å². The Balaban J connectivity index is 2.46. The molecule has 1 aliphatic carbocycles. The van der Waals surface area contributed by atoms with E-state index >= 15 is 0 Å². The van der Waals surface area contributed by atoms with E-state index < -0.39 is 26.9 Å². The SMILES string of the molecule is CCCCCCCCC(=O)OC1C=CC=CC1(C)S(=O)(=O)[O-]. The Bertz CT molecular complexity index is 521. The summed E-state index contributed by atoms with van der Waals surface area (Å²) in [6, 6.07) is 0. The third kappa shape index (κ3) is 5.25. The van der Waals surface area contributed by atoms with Crippen molar-refractivity contribution in [2.75, 3.05) is 0 Å². The van der Waals surface area contributed by atoms with Gasteiger partial charge in [0.15, 0.2) is 0 Å². The minimum atomic E-state index is -4.62. The van der Waals surface area contributed by atoms with Gasteiger partial charge in [0.1, 0.15) is 21.0 Å². The third-order valence-corrected chi connectivity index (χ3v) is 5.37. The summed E-state index contributed by atoms with van der Waals surface area (Å²) in [6.45, 7) is 3.42. The first kappa shape index (κ1) is 18.9. The summed E-state index contributed by atoms with van der Waals surface area (Å²) in [6.07, 6.45) is 11.2. The van der Waals surface area contributed by atoms with Crippen molar-refractivity contribution < 1.29 is 22.5 Å². The van der Waals surface area contributed by atoms with Crippen LogP contribution in [0.2, 0.25) is 0 Å². The molecule has 0 aromatic carbocycles. The maximum Gasteiger partial charge on any atom is 0.306 e. The van der Waals surface area contributed by atoms with Gasteiger partial charge >= 0.3 is 5.97 Å². The van der Waals surface area contributed by atoms with Crippen LogP contribution < -0.4 is 0 Å². The van der Waals surface area contributed by atoms with Crippen molar-refractivity contribution in [3.8, 4) is 0 Å². The van der Waals surface area contributed by atoms with Gasteiger partial charge in [-0.25, -0.2) is 8.42 Å². The first-order chi connectivity index (χ1) is 10.3. The zero-order valence-corrected chi connectivity index (χ0v) is 14.1. The molecule has 0 saturated carbocycles. The lowest BCUT2D eigenvalue weighted by Gasteiger charge is -2.36. The Morgan fingerprint density at radius 3 is 2.45 bits per heavy atom. The molecule has 0 aliphatic heterocycles. The number of allylic oxidation sites excluding steroid dienone is 2. The molecule has 0 radical (unpaired) electrons. The van der Waals surface area contributed by atoms with Crippen LogP contribution in [0.4, 0.5) is 0 Å². The van der Waals surface area contributed by atoms with E-state index in [9.17, 15) is 17.8 Å². The first-order valence-electron chi connectivity index (χ1n) is 7.82. The summed E-state index contributed by atoms with van der Waals surface area (Å²) in [5.41, 5.74) is 0. The summed E-state index contributed by atoms with van der Waals surface area (Å²) in [4.78, 5) is 11.8. The van der Waals surface area contributed by atoms with E-state index in [4.69, 9.17) is 4.74 Å². The molecule has 1 rings (SSSR count). The van der Waals surface area contributed by atoms with Gasteiger partial charge in [-0.3, -0.25) is 4.79 Å². The lowest BCUT2D eigenvalue weighted by Crippen LogP contribution is -2.47. The molecule has 0 heterocycles. The van der Waals surface area contributed by atoms with Gasteiger partial charge in [-0.15, -0.1) is 0 Å².